The Morgan fingerprint density at radius 3 is 2.23 bits per heavy atom. The molecule has 0 aliphatic rings. The average Bonchev–Trinajstić information content (AvgIpc) is 3.20. The third-order valence-electron chi connectivity index (χ3n) is 4.80. The van der Waals surface area contributed by atoms with E-state index in [2.05, 4.69) is 32.4 Å². The Morgan fingerprint density at radius 2 is 1.61 bits per heavy atom. The van der Waals surface area contributed by atoms with Crippen molar-refractivity contribution in [3.63, 3.8) is 0 Å². The minimum atomic E-state index is -0.215. The summed E-state index contributed by atoms with van der Waals surface area (Å²) >= 11 is 1.67. The summed E-state index contributed by atoms with van der Waals surface area (Å²) in [5.74, 6) is 0.612. The zero-order valence-electron chi connectivity index (χ0n) is 17.4. The summed E-state index contributed by atoms with van der Waals surface area (Å²) in [4.78, 5) is 11.0. The van der Waals surface area contributed by atoms with Gasteiger partial charge in [0.15, 0.2) is 0 Å². The highest BCUT2D eigenvalue weighted by atomic mass is 32.1. The molecule has 6 heteroatoms. The second kappa shape index (κ2) is 10.3. The van der Waals surface area contributed by atoms with Crippen molar-refractivity contribution in [2.75, 3.05) is 0 Å². The van der Waals surface area contributed by atoms with E-state index in [4.69, 9.17) is 4.74 Å². The lowest BCUT2D eigenvalue weighted by molar-refractivity contribution is 0.247. The molecule has 0 fully saturated rings. The molecule has 0 unspecified atom stereocenters. The molecule has 158 valence electrons. The third-order valence-corrected chi connectivity index (χ3v) is 5.75. The summed E-state index contributed by atoms with van der Waals surface area (Å²) in [6, 6.07) is 18.8. The van der Waals surface area contributed by atoms with Crippen LogP contribution in [0.15, 0.2) is 78.4 Å². The Labute approximate surface area is 186 Å². The number of pyridine rings is 1. The molecular weight excluding hydrogens is 409 g/mol. The highest BCUT2D eigenvalue weighted by molar-refractivity contribution is 7.09. The molecule has 2 aromatic carbocycles. The molecule has 0 saturated carbocycles. The maximum absolute atomic E-state index is 13.3. The van der Waals surface area contributed by atoms with Gasteiger partial charge in [-0.15, -0.1) is 11.3 Å². The highest BCUT2D eigenvalue weighted by Crippen LogP contribution is 2.19. The van der Waals surface area contributed by atoms with Crippen LogP contribution in [-0.2, 0) is 26.2 Å². The molecular formula is C25H24FN3OS. The number of aryl methyl sites for hydroxylation is 1. The van der Waals surface area contributed by atoms with Gasteiger partial charge in [-0.2, -0.15) is 0 Å². The topological polar surface area (TPSA) is 38.2 Å². The number of halogens is 1. The predicted molar refractivity (Wildman–Crippen MR) is 121 cm³/mol. The van der Waals surface area contributed by atoms with Crippen molar-refractivity contribution in [2.24, 2.45) is 0 Å². The SMILES string of the molecule is Cc1csc(CN(Cc2ccc(F)cc2)Cc2ccc(OCc3cccnc3)cc2)n1. The Morgan fingerprint density at radius 1 is 0.903 bits per heavy atom. The Hall–Kier alpha value is -3.09. The number of thiazole rings is 1. The van der Waals surface area contributed by atoms with Crippen LogP contribution in [0, 0.1) is 12.7 Å². The van der Waals surface area contributed by atoms with Gasteiger partial charge in [0.05, 0.1) is 6.54 Å². The smallest absolute Gasteiger partial charge is 0.123 e. The van der Waals surface area contributed by atoms with Gasteiger partial charge in [-0.25, -0.2) is 9.37 Å². The van der Waals surface area contributed by atoms with Crippen LogP contribution in [0.3, 0.4) is 0 Å². The van der Waals surface area contributed by atoms with Crippen molar-refractivity contribution in [1.29, 1.82) is 0 Å². The summed E-state index contributed by atoms with van der Waals surface area (Å²) in [5.41, 5.74) is 4.34. The van der Waals surface area contributed by atoms with E-state index < -0.39 is 0 Å². The summed E-state index contributed by atoms with van der Waals surface area (Å²) in [6.07, 6.45) is 3.56. The first-order chi connectivity index (χ1) is 15.1. The molecule has 4 aromatic rings. The highest BCUT2D eigenvalue weighted by Gasteiger charge is 2.11. The number of rotatable bonds is 9. The van der Waals surface area contributed by atoms with Gasteiger partial charge in [-0.3, -0.25) is 9.88 Å². The molecule has 2 heterocycles. The number of aromatic nitrogens is 2. The third kappa shape index (κ3) is 6.44. The number of benzene rings is 2. The van der Waals surface area contributed by atoms with Crippen molar-refractivity contribution in [2.45, 2.75) is 33.2 Å². The molecule has 0 saturated heterocycles. The summed E-state index contributed by atoms with van der Waals surface area (Å²) < 4.78 is 19.2. The number of hydrogen-bond donors (Lipinski definition) is 0. The predicted octanol–water partition coefficient (Wildman–Crippen LogP) is 5.77. The van der Waals surface area contributed by atoms with Gasteiger partial charge in [0.1, 0.15) is 23.2 Å². The molecule has 0 spiro atoms. The molecule has 31 heavy (non-hydrogen) atoms. The van der Waals surface area contributed by atoms with Crippen LogP contribution in [0.2, 0.25) is 0 Å². The minimum absolute atomic E-state index is 0.215. The van der Waals surface area contributed by atoms with Gasteiger partial charge in [0, 0.05) is 42.1 Å². The van der Waals surface area contributed by atoms with Crippen molar-refractivity contribution in [3.8, 4) is 5.75 Å². The van der Waals surface area contributed by atoms with Crippen LogP contribution in [0.4, 0.5) is 4.39 Å². The fourth-order valence-electron chi connectivity index (χ4n) is 3.28. The van der Waals surface area contributed by atoms with Gasteiger partial charge < -0.3 is 4.74 Å². The van der Waals surface area contributed by atoms with Crippen LogP contribution in [0.25, 0.3) is 0 Å². The lowest BCUT2D eigenvalue weighted by Gasteiger charge is -2.22. The van der Waals surface area contributed by atoms with Crippen LogP contribution in [0.5, 0.6) is 5.75 Å². The van der Waals surface area contributed by atoms with Crippen LogP contribution < -0.4 is 4.74 Å². The quantitative estimate of drug-likeness (QED) is 0.336. The van der Waals surface area contributed by atoms with Crippen molar-refractivity contribution >= 4 is 11.3 Å². The van der Waals surface area contributed by atoms with Gasteiger partial charge in [0.25, 0.3) is 0 Å². The molecule has 4 rings (SSSR count). The number of nitrogens with zero attached hydrogens (tertiary/aromatic N) is 3. The average molecular weight is 434 g/mol. The zero-order chi connectivity index (χ0) is 21.5. The Kier molecular flexibility index (Phi) is 7.02. The zero-order valence-corrected chi connectivity index (χ0v) is 18.2. The first-order valence-corrected chi connectivity index (χ1v) is 11.0. The van der Waals surface area contributed by atoms with Crippen LogP contribution in [0.1, 0.15) is 27.4 Å². The van der Waals surface area contributed by atoms with E-state index in [9.17, 15) is 4.39 Å². The first kappa shape index (κ1) is 21.2. The van der Waals surface area contributed by atoms with Crippen LogP contribution >= 0.6 is 11.3 Å². The fraction of sp³-hybridized carbons (Fsp3) is 0.200. The second-order valence-electron chi connectivity index (χ2n) is 7.45. The molecule has 0 aliphatic heterocycles. The van der Waals surface area contributed by atoms with Gasteiger partial charge in [-0.05, 0) is 48.4 Å². The lowest BCUT2D eigenvalue weighted by atomic mass is 10.1. The Balaban J connectivity index is 1.41. The Bertz CT molecular complexity index is 1080. The van der Waals surface area contributed by atoms with E-state index in [0.717, 1.165) is 47.2 Å². The number of ether oxygens (including phenoxy) is 1. The van der Waals surface area contributed by atoms with E-state index in [0.29, 0.717) is 6.61 Å². The maximum atomic E-state index is 13.3. The maximum Gasteiger partial charge on any atom is 0.123 e. The molecule has 0 N–H and O–H groups in total. The molecule has 0 amide bonds. The monoisotopic (exact) mass is 433 g/mol. The van der Waals surface area contributed by atoms with Crippen molar-refractivity contribution < 1.29 is 9.13 Å². The normalized spacial score (nSPS) is 11.1. The summed E-state index contributed by atoms with van der Waals surface area (Å²) in [5, 5.41) is 3.15. The number of hydrogen-bond acceptors (Lipinski definition) is 5. The molecule has 0 radical (unpaired) electrons. The first-order valence-electron chi connectivity index (χ1n) is 10.1. The van der Waals surface area contributed by atoms with E-state index >= 15 is 0 Å². The summed E-state index contributed by atoms with van der Waals surface area (Å²) in [6.45, 7) is 4.73. The second-order valence-corrected chi connectivity index (χ2v) is 8.39. The van der Waals surface area contributed by atoms with E-state index in [-0.39, 0.29) is 5.82 Å². The standard InChI is InChI=1S/C25H24FN3OS/c1-19-18-31-25(28-19)16-29(14-20-4-8-23(26)9-5-20)15-21-6-10-24(11-7-21)30-17-22-3-2-12-27-13-22/h2-13,18H,14-17H2,1H3. The molecule has 0 bridgehead atoms. The van der Waals surface area contributed by atoms with Gasteiger partial charge in [-0.1, -0.05) is 30.3 Å². The van der Waals surface area contributed by atoms with Crippen molar-refractivity contribution in [3.05, 3.63) is 112 Å². The van der Waals surface area contributed by atoms with Gasteiger partial charge in [0.2, 0.25) is 0 Å². The largest absolute Gasteiger partial charge is 0.489 e. The minimum Gasteiger partial charge on any atom is -0.489 e. The summed E-state index contributed by atoms with van der Waals surface area (Å²) in [7, 11) is 0. The van der Waals surface area contributed by atoms with E-state index in [1.54, 1.807) is 17.5 Å². The molecule has 0 atom stereocenters. The van der Waals surface area contributed by atoms with Crippen molar-refractivity contribution in [1.82, 2.24) is 14.9 Å². The fourth-order valence-corrected chi connectivity index (χ4v) is 4.09. The van der Waals surface area contributed by atoms with E-state index in [1.165, 1.54) is 17.7 Å². The molecule has 0 aliphatic carbocycles. The molecule has 4 nitrogen and oxygen atoms in total. The van der Waals surface area contributed by atoms with Gasteiger partial charge >= 0.3 is 0 Å². The van der Waals surface area contributed by atoms with Crippen LogP contribution in [-0.4, -0.2) is 14.9 Å². The molecule has 2 aromatic heterocycles. The van der Waals surface area contributed by atoms with E-state index in [1.807, 2.05) is 49.5 Å². The lowest BCUT2D eigenvalue weighted by Crippen LogP contribution is -2.22.